The predicted molar refractivity (Wildman–Crippen MR) is 86.0 cm³/mol. The highest BCUT2D eigenvalue weighted by molar-refractivity contribution is 5.78. The molecule has 1 amide bonds. The van der Waals surface area contributed by atoms with Gasteiger partial charge in [0.05, 0.1) is 17.6 Å². The molecule has 126 valence electrons. The van der Waals surface area contributed by atoms with Crippen molar-refractivity contribution in [3.63, 3.8) is 0 Å². The van der Waals surface area contributed by atoms with Gasteiger partial charge in [0, 0.05) is 31.8 Å². The van der Waals surface area contributed by atoms with E-state index >= 15 is 0 Å². The molecule has 1 fully saturated rings. The molecule has 0 radical (unpaired) electrons. The van der Waals surface area contributed by atoms with E-state index in [2.05, 4.69) is 5.32 Å². The summed E-state index contributed by atoms with van der Waals surface area (Å²) in [7, 11) is 0. The van der Waals surface area contributed by atoms with E-state index < -0.39 is 4.92 Å². The third kappa shape index (κ3) is 5.61. The van der Waals surface area contributed by atoms with Crippen LogP contribution < -0.4 is 5.32 Å². The van der Waals surface area contributed by atoms with Crippen molar-refractivity contribution in [3.8, 4) is 0 Å². The summed E-state index contributed by atoms with van der Waals surface area (Å²) < 4.78 is 5.47. The molecular weight excluding hydrogens is 298 g/mol. The minimum absolute atomic E-state index is 0.0484. The molecule has 1 unspecified atom stereocenters. The van der Waals surface area contributed by atoms with E-state index in [0.717, 1.165) is 25.0 Å². The van der Waals surface area contributed by atoms with Crippen molar-refractivity contribution >= 4 is 11.6 Å². The van der Waals surface area contributed by atoms with Crippen molar-refractivity contribution in [2.24, 2.45) is 0 Å². The zero-order valence-corrected chi connectivity index (χ0v) is 13.4. The molecule has 1 atom stereocenters. The Kier molecular flexibility index (Phi) is 6.49. The van der Waals surface area contributed by atoms with E-state index in [1.54, 1.807) is 12.1 Å². The van der Waals surface area contributed by atoms with Gasteiger partial charge in [-0.1, -0.05) is 19.1 Å². The molecule has 1 aliphatic heterocycles. The largest absolute Gasteiger partial charge is 0.376 e. The van der Waals surface area contributed by atoms with E-state index in [-0.39, 0.29) is 24.2 Å². The van der Waals surface area contributed by atoms with Crippen molar-refractivity contribution < 1.29 is 14.5 Å². The number of ether oxygens (including phenoxy) is 1. The van der Waals surface area contributed by atoms with E-state index in [0.29, 0.717) is 19.6 Å². The Morgan fingerprint density at radius 1 is 1.52 bits per heavy atom. The topological polar surface area (TPSA) is 84.7 Å². The summed E-state index contributed by atoms with van der Waals surface area (Å²) in [5.41, 5.74) is 0.898. The van der Waals surface area contributed by atoms with Gasteiger partial charge < -0.3 is 10.1 Å². The monoisotopic (exact) mass is 321 g/mol. The number of amides is 1. The van der Waals surface area contributed by atoms with Crippen molar-refractivity contribution in [1.29, 1.82) is 0 Å². The molecule has 0 saturated carbocycles. The lowest BCUT2D eigenvalue weighted by Gasteiger charge is -2.20. The molecule has 1 aliphatic rings. The second kappa shape index (κ2) is 8.59. The molecule has 1 saturated heterocycles. The highest BCUT2D eigenvalue weighted by Crippen LogP contribution is 2.14. The van der Waals surface area contributed by atoms with Crippen LogP contribution in [0.25, 0.3) is 0 Å². The number of nitro groups is 1. The third-order valence-electron chi connectivity index (χ3n) is 3.89. The number of non-ortho nitro benzene ring substituents is 1. The second-order valence-electron chi connectivity index (χ2n) is 5.67. The lowest BCUT2D eigenvalue weighted by atomic mass is 10.2. The summed E-state index contributed by atoms with van der Waals surface area (Å²) in [5.74, 6) is -0.0484. The normalized spacial score (nSPS) is 17.4. The number of carbonyl (C=O) groups excluding carboxylic acids is 1. The number of nitro benzene ring substituents is 1. The summed E-state index contributed by atoms with van der Waals surface area (Å²) in [6, 6.07) is 6.51. The lowest BCUT2D eigenvalue weighted by molar-refractivity contribution is -0.384. The first-order valence-corrected chi connectivity index (χ1v) is 7.92. The first-order chi connectivity index (χ1) is 11.1. The van der Waals surface area contributed by atoms with Crippen LogP contribution >= 0.6 is 0 Å². The molecule has 0 spiro atoms. The Bertz CT molecular complexity index is 544. The fraction of sp³-hybridized carbons (Fsp3) is 0.562. The molecule has 0 aromatic heterocycles. The van der Waals surface area contributed by atoms with Gasteiger partial charge in [0.1, 0.15) is 0 Å². The first-order valence-electron chi connectivity index (χ1n) is 7.92. The molecule has 0 aliphatic carbocycles. The number of hydrogen-bond donors (Lipinski definition) is 1. The maximum absolute atomic E-state index is 12.0. The Morgan fingerprint density at radius 3 is 3.00 bits per heavy atom. The minimum atomic E-state index is -0.409. The second-order valence-corrected chi connectivity index (χ2v) is 5.67. The smallest absolute Gasteiger partial charge is 0.269 e. The van der Waals surface area contributed by atoms with Crippen LogP contribution in [0, 0.1) is 10.1 Å². The lowest BCUT2D eigenvalue weighted by Crippen LogP contribution is -2.39. The molecule has 23 heavy (non-hydrogen) atoms. The van der Waals surface area contributed by atoms with Gasteiger partial charge in [0.2, 0.25) is 5.91 Å². The Hall–Kier alpha value is -1.99. The fourth-order valence-electron chi connectivity index (χ4n) is 2.60. The van der Waals surface area contributed by atoms with Crippen LogP contribution in [0.5, 0.6) is 0 Å². The van der Waals surface area contributed by atoms with E-state index in [9.17, 15) is 14.9 Å². The van der Waals surface area contributed by atoms with Crippen molar-refractivity contribution in [1.82, 2.24) is 10.2 Å². The average molecular weight is 321 g/mol. The first kappa shape index (κ1) is 17.4. The van der Waals surface area contributed by atoms with Crippen molar-refractivity contribution in [3.05, 3.63) is 39.9 Å². The summed E-state index contributed by atoms with van der Waals surface area (Å²) in [6.45, 7) is 4.75. The number of carbonyl (C=O) groups is 1. The number of hydrogen-bond acceptors (Lipinski definition) is 5. The molecule has 0 bridgehead atoms. The molecule has 2 rings (SSSR count). The van der Waals surface area contributed by atoms with Gasteiger partial charge in [0.25, 0.3) is 5.69 Å². The number of rotatable bonds is 8. The maximum Gasteiger partial charge on any atom is 0.269 e. The average Bonchev–Trinajstić information content (AvgIpc) is 3.06. The van der Waals surface area contributed by atoms with Gasteiger partial charge in [-0.3, -0.25) is 19.8 Å². The Morgan fingerprint density at radius 2 is 2.35 bits per heavy atom. The van der Waals surface area contributed by atoms with E-state index in [1.165, 1.54) is 6.07 Å². The van der Waals surface area contributed by atoms with Gasteiger partial charge in [-0.2, -0.15) is 0 Å². The molecular formula is C16H23N3O4. The van der Waals surface area contributed by atoms with Crippen LogP contribution in [-0.2, 0) is 16.1 Å². The van der Waals surface area contributed by atoms with Crippen LogP contribution in [0.4, 0.5) is 5.69 Å². The van der Waals surface area contributed by atoms with Gasteiger partial charge in [-0.05, 0) is 24.9 Å². The SMILES string of the molecule is CCN(CC(=O)NCC1CCCO1)Cc1cccc([N+](=O)[O-])c1. The van der Waals surface area contributed by atoms with Crippen LogP contribution in [0.2, 0.25) is 0 Å². The van der Waals surface area contributed by atoms with Crippen LogP contribution in [0.1, 0.15) is 25.3 Å². The summed E-state index contributed by atoms with van der Waals surface area (Å²) in [4.78, 5) is 24.4. The minimum Gasteiger partial charge on any atom is -0.376 e. The molecule has 1 aromatic carbocycles. The summed E-state index contributed by atoms with van der Waals surface area (Å²) >= 11 is 0. The van der Waals surface area contributed by atoms with Crippen LogP contribution in [-0.4, -0.2) is 48.1 Å². The number of benzene rings is 1. The number of nitrogens with one attached hydrogen (secondary N) is 1. The highest BCUT2D eigenvalue weighted by Gasteiger charge is 2.17. The van der Waals surface area contributed by atoms with Gasteiger partial charge in [-0.15, -0.1) is 0 Å². The summed E-state index contributed by atoms with van der Waals surface area (Å²) in [6.07, 6.45) is 2.17. The standard InChI is InChI=1S/C16H23N3O4/c1-2-18(11-13-5-3-6-14(9-13)19(21)22)12-16(20)17-10-15-7-4-8-23-15/h3,5-6,9,15H,2,4,7-8,10-12H2,1H3,(H,17,20). The van der Waals surface area contributed by atoms with E-state index in [4.69, 9.17) is 4.74 Å². The van der Waals surface area contributed by atoms with Crippen molar-refractivity contribution in [2.45, 2.75) is 32.4 Å². The highest BCUT2D eigenvalue weighted by atomic mass is 16.6. The van der Waals surface area contributed by atoms with Crippen LogP contribution in [0.15, 0.2) is 24.3 Å². The zero-order valence-electron chi connectivity index (χ0n) is 13.4. The number of nitrogens with zero attached hydrogens (tertiary/aromatic N) is 2. The molecule has 1 aromatic rings. The van der Waals surface area contributed by atoms with Gasteiger partial charge >= 0.3 is 0 Å². The number of likely N-dealkylation sites (N-methyl/N-ethyl adjacent to an activating group) is 1. The molecule has 1 heterocycles. The molecule has 7 heteroatoms. The van der Waals surface area contributed by atoms with Gasteiger partial charge in [0.15, 0.2) is 0 Å². The summed E-state index contributed by atoms with van der Waals surface area (Å²) in [5, 5.41) is 13.7. The quantitative estimate of drug-likeness (QED) is 0.582. The zero-order chi connectivity index (χ0) is 16.7. The third-order valence-corrected chi connectivity index (χ3v) is 3.89. The van der Waals surface area contributed by atoms with Gasteiger partial charge in [-0.25, -0.2) is 0 Å². The predicted octanol–water partition coefficient (Wildman–Crippen LogP) is 1.71. The molecule has 7 nitrogen and oxygen atoms in total. The maximum atomic E-state index is 12.0. The fourth-order valence-corrected chi connectivity index (χ4v) is 2.60. The van der Waals surface area contributed by atoms with Crippen LogP contribution in [0.3, 0.4) is 0 Å². The van der Waals surface area contributed by atoms with E-state index in [1.807, 2.05) is 17.9 Å². The molecule has 1 N–H and O–H groups in total. The van der Waals surface area contributed by atoms with Crippen molar-refractivity contribution in [2.75, 3.05) is 26.2 Å². The Labute approximate surface area is 135 Å². The Balaban J connectivity index is 1.83.